The van der Waals surface area contributed by atoms with Crippen molar-refractivity contribution >= 4 is 0 Å². The van der Waals surface area contributed by atoms with Crippen molar-refractivity contribution in [2.45, 2.75) is 13.3 Å². The van der Waals surface area contributed by atoms with E-state index in [-0.39, 0.29) is 5.82 Å². The topological polar surface area (TPSA) is 15.3 Å². The van der Waals surface area contributed by atoms with Gasteiger partial charge in [0.1, 0.15) is 5.82 Å². The number of rotatable bonds is 5. The number of likely N-dealkylation sites (N-methyl/N-ethyl adjacent to an activating group) is 1. The summed E-state index contributed by atoms with van der Waals surface area (Å²) in [5.41, 5.74) is 1.92. The molecule has 0 saturated heterocycles. The third kappa shape index (κ3) is 3.98. The summed E-state index contributed by atoms with van der Waals surface area (Å²) >= 11 is 0. The predicted molar refractivity (Wildman–Crippen MR) is 61.4 cm³/mol. The highest BCUT2D eigenvalue weighted by Crippen LogP contribution is 2.09. The largest absolute Gasteiger partial charge is 0.307 e. The average Bonchev–Trinajstić information content (AvgIpc) is 2.20. The molecule has 3 heteroatoms. The number of benzene rings is 1. The molecule has 0 amide bonds. The number of hydrogen-bond acceptors (Lipinski definition) is 2. The van der Waals surface area contributed by atoms with E-state index in [4.69, 9.17) is 0 Å². The summed E-state index contributed by atoms with van der Waals surface area (Å²) in [5.74, 6) is -0.123. The lowest BCUT2D eigenvalue weighted by atomic mass is 10.1. The molecule has 1 aromatic carbocycles. The Kier molecular flexibility index (Phi) is 4.72. The van der Waals surface area contributed by atoms with E-state index in [9.17, 15) is 4.39 Å². The van der Waals surface area contributed by atoms with Gasteiger partial charge in [0.05, 0.1) is 0 Å². The van der Waals surface area contributed by atoms with Crippen LogP contribution >= 0.6 is 0 Å². The zero-order chi connectivity index (χ0) is 11.3. The van der Waals surface area contributed by atoms with Gasteiger partial charge in [0.25, 0.3) is 0 Å². The Balaban J connectivity index is 2.47. The van der Waals surface area contributed by atoms with Crippen molar-refractivity contribution in [3.05, 3.63) is 35.1 Å². The van der Waals surface area contributed by atoms with E-state index < -0.39 is 0 Å². The molecule has 0 bridgehead atoms. The second-order valence-corrected chi connectivity index (χ2v) is 3.92. The number of halogens is 1. The van der Waals surface area contributed by atoms with Crippen LogP contribution in [0.1, 0.15) is 11.1 Å². The number of nitrogens with zero attached hydrogens (tertiary/aromatic N) is 1. The van der Waals surface area contributed by atoms with Crippen LogP contribution in [-0.2, 0) is 6.42 Å². The maximum Gasteiger partial charge on any atom is 0.126 e. The van der Waals surface area contributed by atoms with E-state index >= 15 is 0 Å². The van der Waals surface area contributed by atoms with Crippen LogP contribution in [0.2, 0.25) is 0 Å². The van der Waals surface area contributed by atoms with Crippen LogP contribution < -0.4 is 5.32 Å². The van der Waals surface area contributed by atoms with Crippen LogP contribution in [0, 0.1) is 12.7 Å². The molecule has 1 aromatic rings. The summed E-state index contributed by atoms with van der Waals surface area (Å²) in [7, 11) is 3.99. The van der Waals surface area contributed by atoms with Gasteiger partial charge < -0.3 is 5.32 Å². The molecule has 0 saturated carbocycles. The van der Waals surface area contributed by atoms with Crippen LogP contribution in [0.25, 0.3) is 0 Å². The third-order valence-corrected chi connectivity index (χ3v) is 2.43. The number of hydrogen-bond donors (Lipinski definition) is 1. The molecule has 1 rings (SSSR count). The normalized spacial score (nSPS) is 11.0. The maximum absolute atomic E-state index is 13.0. The van der Waals surface area contributed by atoms with Gasteiger partial charge in [-0.25, -0.2) is 4.39 Å². The minimum absolute atomic E-state index is 0.123. The highest BCUT2D eigenvalue weighted by molar-refractivity contribution is 5.24. The van der Waals surface area contributed by atoms with Crippen molar-refractivity contribution in [3.63, 3.8) is 0 Å². The van der Waals surface area contributed by atoms with Crippen molar-refractivity contribution in [2.24, 2.45) is 0 Å². The van der Waals surface area contributed by atoms with Crippen LogP contribution in [-0.4, -0.2) is 32.2 Å². The van der Waals surface area contributed by atoms with Crippen molar-refractivity contribution in [1.29, 1.82) is 0 Å². The Morgan fingerprint density at radius 2 is 2.13 bits per heavy atom. The maximum atomic E-state index is 13.0. The highest BCUT2D eigenvalue weighted by atomic mass is 19.1. The summed E-state index contributed by atoms with van der Waals surface area (Å²) < 4.78 is 13.0. The van der Waals surface area contributed by atoms with Gasteiger partial charge in [-0.3, -0.25) is 4.90 Å². The molecule has 1 N–H and O–H groups in total. The van der Waals surface area contributed by atoms with Gasteiger partial charge in [-0.2, -0.15) is 0 Å². The molecule has 0 spiro atoms. The molecule has 0 aliphatic rings. The molecule has 0 aliphatic carbocycles. The van der Waals surface area contributed by atoms with Crippen LogP contribution in [0.3, 0.4) is 0 Å². The fourth-order valence-electron chi connectivity index (χ4n) is 1.53. The fraction of sp³-hybridized carbons (Fsp3) is 0.500. The second kappa shape index (κ2) is 5.83. The summed E-state index contributed by atoms with van der Waals surface area (Å²) in [6.45, 7) is 3.65. The lowest BCUT2D eigenvalue weighted by Crippen LogP contribution is -2.30. The summed E-state index contributed by atoms with van der Waals surface area (Å²) in [4.78, 5) is 2.19. The Morgan fingerprint density at radius 3 is 2.73 bits per heavy atom. The van der Waals surface area contributed by atoms with Crippen molar-refractivity contribution in [3.8, 4) is 0 Å². The molecule has 0 atom stereocenters. The van der Waals surface area contributed by atoms with Crippen molar-refractivity contribution in [1.82, 2.24) is 10.2 Å². The van der Waals surface area contributed by atoms with Gasteiger partial charge in [0.2, 0.25) is 0 Å². The molecule has 0 heterocycles. The minimum Gasteiger partial charge on any atom is -0.307 e. The zero-order valence-corrected chi connectivity index (χ0v) is 9.68. The van der Waals surface area contributed by atoms with E-state index in [1.54, 1.807) is 13.0 Å². The third-order valence-electron chi connectivity index (χ3n) is 2.43. The Morgan fingerprint density at radius 1 is 1.40 bits per heavy atom. The standard InChI is InChI=1S/C12H19FN2/c1-10-8-11(4-5-12(10)13)6-7-15(3)9-14-2/h4-5,8,14H,6-7,9H2,1-3H3. The molecule has 0 unspecified atom stereocenters. The first kappa shape index (κ1) is 12.1. The lowest BCUT2D eigenvalue weighted by molar-refractivity contribution is 0.321. The summed E-state index contributed by atoms with van der Waals surface area (Å²) in [5, 5.41) is 3.09. The van der Waals surface area contributed by atoms with Gasteiger partial charge >= 0.3 is 0 Å². The Bertz CT molecular complexity index is 312. The molecule has 0 fully saturated rings. The molecule has 2 nitrogen and oxygen atoms in total. The van der Waals surface area contributed by atoms with Gasteiger partial charge in [0.15, 0.2) is 0 Å². The van der Waals surface area contributed by atoms with Crippen LogP contribution in [0.15, 0.2) is 18.2 Å². The first-order valence-corrected chi connectivity index (χ1v) is 5.21. The average molecular weight is 210 g/mol. The van der Waals surface area contributed by atoms with Crippen LogP contribution in [0.5, 0.6) is 0 Å². The van der Waals surface area contributed by atoms with E-state index in [1.165, 1.54) is 5.56 Å². The first-order valence-electron chi connectivity index (χ1n) is 5.21. The van der Waals surface area contributed by atoms with Gasteiger partial charge in [-0.1, -0.05) is 12.1 Å². The quantitative estimate of drug-likeness (QED) is 0.745. The summed E-state index contributed by atoms with van der Waals surface area (Å²) in [6.07, 6.45) is 0.958. The number of nitrogens with one attached hydrogen (secondary N) is 1. The molecule has 0 aliphatic heterocycles. The Hall–Kier alpha value is -0.930. The molecular formula is C12H19FN2. The monoisotopic (exact) mass is 210 g/mol. The van der Waals surface area contributed by atoms with Gasteiger partial charge in [-0.15, -0.1) is 0 Å². The molecule has 0 aromatic heterocycles. The van der Waals surface area contributed by atoms with E-state index in [0.717, 1.165) is 25.2 Å². The second-order valence-electron chi connectivity index (χ2n) is 3.92. The van der Waals surface area contributed by atoms with Crippen molar-refractivity contribution < 1.29 is 4.39 Å². The number of aryl methyl sites for hydroxylation is 1. The first-order chi connectivity index (χ1) is 7.13. The molecule has 84 valence electrons. The predicted octanol–water partition coefficient (Wildman–Crippen LogP) is 1.79. The van der Waals surface area contributed by atoms with E-state index in [1.807, 2.05) is 19.2 Å². The van der Waals surface area contributed by atoms with Gasteiger partial charge in [0, 0.05) is 13.2 Å². The van der Waals surface area contributed by atoms with E-state index in [0.29, 0.717) is 0 Å². The lowest BCUT2D eigenvalue weighted by Gasteiger charge is -2.15. The minimum atomic E-state index is -0.123. The van der Waals surface area contributed by atoms with Crippen molar-refractivity contribution in [2.75, 3.05) is 27.3 Å². The Labute approximate surface area is 91.1 Å². The SMILES string of the molecule is CNCN(C)CCc1ccc(F)c(C)c1. The molecule has 0 radical (unpaired) electrons. The molecular weight excluding hydrogens is 191 g/mol. The molecule has 15 heavy (non-hydrogen) atoms. The fourth-order valence-corrected chi connectivity index (χ4v) is 1.53. The van der Waals surface area contributed by atoms with Crippen LogP contribution in [0.4, 0.5) is 4.39 Å². The highest BCUT2D eigenvalue weighted by Gasteiger charge is 2.01. The van der Waals surface area contributed by atoms with Gasteiger partial charge in [-0.05, 0) is 44.6 Å². The smallest absolute Gasteiger partial charge is 0.126 e. The summed E-state index contributed by atoms with van der Waals surface area (Å²) in [6, 6.07) is 5.32. The zero-order valence-electron chi connectivity index (χ0n) is 9.68. The van der Waals surface area contributed by atoms with E-state index in [2.05, 4.69) is 17.3 Å².